The third-order valence-corrected chi connectivity index (χ3v) is 3.58. The average Bonchev–Trinajstić information content (AvgIpc) is 2.37. The number of hydrogen-bond donors (Lipinski definition) is 0. The summed E-state index contributed by atoms with van der Waals surface area (Å²) in [6.45, 7) is 7.49. The molecule has 0 aromatic carbocycles. The van der Waals surface area contributed by atoms with Gasteiger partial charge in [-0.3, -0.25) is 14.4 Å². The van der Waals surface area contributed by atoms with Gasteiger partial charge in [0.1, 0.15) is 5.92 Å². The highest BCUT2D eigenvalue weighted by atomic mass is 16.5. The summed E-state index contributed by atoms with van der Waals surface area (Å²) in [7, 11) is 0. The van der Waals surface area contributed by atoms with E-state index in [1.54, 1.807) is 20.8 Å². The van der Waals surface area contributed by atoms with Gasteiger partial charge in [0.05, 0.1) is 19.1 Å². The quantitative estimate of drug-likeness (QED) is 0.569. The van der Waals surface area contributed by atoms with Crippen molar-refractivity contribution >= 4 is 17.7 Å². The predicted molar refractivity (Wildman–Crippen MR) is 72.8 cm³/mol. The van der Waals surface area contributed by atoms with Gasteiger partial charge < -0.3 is 9.47 Å². The third kappa shape index (κ3) is 3.26. The van der Waals surface area contributed by atoms with Crippen LogP contribution in [-0.4, -0.2) is 30.9 Å². The molecule has 1 aliphatic rings. The molecule has 3 atom stereocenters. The molecule has 5 heteroatoms. The Morgan fingerprint density at radius 1 is 1.05 bits per heavy atom. The topological polar surface area (TPSA) is 69.7 Å². The maximum atomic E-state index is 12.1. The van der Waals surface area contributed by atoms with E-state index in [1.807, 2.05) is 6.92 Å². The molecule has 0 amide bonds. The van der Waals surface area contributed by atoms with E-state index in [0.29, 0.717) is 12.0 Å². The molecule has 0 unspecified atom stereocenters. The fourth-order valence-electron chi connectivity index (χ4n) is 2.73. The smallest absolute Gasteiger partial charge is 0.317 e. The Hall–Kier alpha value is -1.65. The minimum Gasteiger partial charge on any atom is -0.466 e. The van der Waals surface area contributed by atoms with E-state index < -0.39 is 23.7 Å². The summed E-state index contributed by atoms with van der Waals surface area (Å²) in [5.41, 5.74) is 0.654. The molecule has 0 heterocycles. The van der Waals surface area contributed by atoms with Crippen molar-refractivity contribution in [3.8, 4) is 0 Å². The molecule has 112 valence electrons. The van der Waals surface area contributed by atoms with E-state index in [0.717, 1.165) is 0 Å². The number of esters is 2. The molecular weight excluding hydrogens is 260 g/mol. The molecule has 0 saturated carbocycles. The summed E-state index contributed by atoms with van der Waals surface area (Å²) in [5.74, 6) is -3.07. The summed E-state index contributed by atoms with van der Waals surface area (Å²) in [6.07, 6.45) is 1.90. The first-order valence-electron chi connectivity index (χ1n) is 7.03. The highest BCUT2D eigenvalue weighted by Gasteiger charge is 2.45. The first-order valence-corrected chi connectivity index (χ1v) is 7.03. The largest absolute Gasteiger partial charge is 0.466 e. The maximum absolute atomic E-state index is 12.1. The molecule has 1 rings (SSSR count). The van der Waals surface area contributed by atoms with Crippen LogP contribution in [0.1, 0.15) is 34.1 Å². The molecule has 0 bridgehead atoms. The van der Waals surface area contributed by atoms with Crippen LogP contribution in [0.5, 0.6) is 0 Å². The summed E-state index contributed by atoms with van der Waals surface area (Å²) < 4.78 is 10.0. The Morgan fingerprint density at radius 2 is 1.55 bits per heavy atom. The second-order valence-electron chi connectivity index (χ2n) is 4.82. The van der Waals surface area contributed by atoms with Crippen molar-refractivity contribution in [3.05, 3.63) is 11.6 Å². The Kier molecular flexibility index (Phi) is 5.92. The van der Waals surface area contributed by atoms with Crippen LogP contribution < -0.4 is 0 Å². The zero-order chi connectivity index (χ0) is 15.3. The zero-order valence-corrected chi connectivity index (χ0v) is 12.5. The molecule has 20 heavy (non-hydrogen) atoms. The van der Waals surface area contributed by atoms with Crippen LogP contribution in [0.4, 0.5) is 0 Å². The van der Waals surface area contributed by atoms with E-state index >= 15 is 0 Å². The molecule has 0 aliphatic heterocycles. The van der Waals surface area contributed by atoms with Crippen LogP contribution in [0.15, 0.2) is 11.6 Å². The van der Waals surface area contributed by atoms with Crippen LogP contribution in [0.2, 0.25) is 0 Å². The summed E-state index contributed by atoms with van der Waals surface area (Å²) in [6, 6.07) is 0. The molecule has 0 spiro atoms. The minimum absolute atomic E-state index is 0.214. The Morgan fingerprint density at radius 3 is 2.00 bits per heavy atom. The van der Waals surface area contributed by atoms with Crippen molar-refractivity contribution in [2.45, 2.75) is 34.1 Å². The molecule has 0 aromatic rings. The van der Waals surface area contributed by atoms with Crippen LogP contribution in [-0.2, 0) is 23.9 Å². The van der Waals surface area contributed by atoms with Gasteiger partial charge in [0, 0.05) is 0 Å². The van der Waals surface area contributed by atoms with Crippen LogP contribution >= 0.6 is 0 Å². The van der Waals surface area contributed by atoms with Crippen LogP contribution in [0.25, 0.3) is 0 Å². The van der Waals surface area contributed by atoms with E-state index in [1.165, 1.54) is 6.08 Å². The summed E-state index contributed by atoms with van der Waals surface area (Å²) in [4.78, 5) is 36.2. The van der Waals surface area contributed by atoms with Gasteiger partial charge in [-0.15, -0.1) is 0 Å². The first kappa shape index (κ1) is 16.4. The number of ketones is 1. The molecule has 0 radical (unpaired) electrons. The van der Waals surface area contributed by atoms with E-state index in [4.69, 9.17) is 9.47 Å². The predicted octanol–water partition coefficient (Wildman–Crippen LogP) is 1.90. The van der Waals surface area contributed by atoms with Gasteiger partial charge in [0.25, 0.3) is 0 Å². The maximum Gasteiger partial charge on any atom is 0.317 e. The fraction of sp³-hybridized carbons (Fsp3) is 0.667. The van der Waals surface area contributed by atoms with Crippen molar-refractivity contribution in [3.63, 3.8) is 0 Å². The molecule has 5 nitrogen and oxygen atoms in total. The lowest BCUT2D eigenvalue weighted by atomic mass is 9.70. The highest BCUT2D eigenvalue weighted by Crippen LogP contribution is 2.37. The number of rotatable bonds is 5. The van der Waals surface area contributed by atoms with Crippen molar-refractivity contribution in [1.29, 1.82) is 0 Å². The fourth-order valence-corrected chi connectivity index (χ4v) is 2.73. The monoisotopic (exact) mass is 282 g/mol. The van der Waals surface area contributed by atoms with Gasteiger partial charge in [0.15, 0.2) is 5.78 Å². The molecule has 1 aliphatic carbocycles. The normalized spacial score (nSPS) is 25.9. The Bertz CT molecular complexity index is 424. The van der Waals surface area contributed by atoms with Gasteiger partial charge in [0.2, 0.25) is 0 Å². The van der Waals surface area contributed by atoms with Gasteiger partial charge in [-0.2, -0.15) is 0 Å². The molecule has 0 N–H and O–H groups in total. The van der Waals surface area contributed by atoms with Gasteiger partial charge in [-0.25, -0.2) is 0 Å². The highest BCUT2D eigenvalue weighted by molar-refractivity contribution is 6.07. The lowest BCUT2D eigenvalue weighted by Crippen LogP contribution is -2.43. The van der Waals surface area contributed by atoms with Crippen molar-refractivity contribution in [2.75, 3.05) is 13.2 Å². The third-order valence-electron chi connectivity index (χ3n) is 3.58. The average molecular weight is 282 g/mol. The molecule has 0 saturated heterocycles. The standard InChI is InChI=1S/C15H22O5/c1-5-10-12(14(17)19-6-2)9(4)8-11(16)13(10)15(18)20-7-3/h8,10,12-13H,5-7H2,1-4H3/t10-,12+,13-/m1/s1. The number of carbonyl (C=O) groups is 3. The summed E-state index contributed by atoms with van der Waals surface area (Å²) >= 11 is 0. The molecule has 0 fully saturated rings. The second kappa shape index (κ2) is 7.22. The van der Waals surface area contributed by atoms with E-state index in [9.17, 15) is 14.4 Å². The van der Waals surface area contributed by atoms with Gasteiger partial charge >= 0.3 is 11.9 Å². The molecular formula is C15H22O5. The van der Waals surface area contributed by atoms with Gasteiger partial charge in [-0.1, -0.05) is 18.9 Å². The number of allylic oxidation sites excluding steroid dienone is 1. The zero-order valence-electron chi connectivity index (χ0n) is 12.5. The SMILES string of the molecule is CCOC(=O)[C@H]1C(=O)C=C(C)[C@H](C(=O)OCC)[C@H]1CC. The first-order chi connectivity index (χ1) is 9.47. The van der Waals surface area contributed by atoms with Crippen molar-refractivity contribution in [1.82, 2.24) is 0 Å². The van der Waals surface area contributed by atoms with E-state index in [-0.39, 0.29) is 25.0 Å². The minimum atomic E-state index is -0.905. The van der Waals surface area contributed by atoms with E-state index in [2.05, 4.69) is 0 Å². The van der Waals surface area contributed by atoms with Crippen molar-refractivity contribution < 1.29 is 23.9 Å². The number of ether oxygens (including phenoxy) is 2. The lowest BCUT2D eigenvalue weighted by molar-refractivity contribution is -0.157. The van der Waals surface area contributed by atoms with Gasteiger partial charge in [-0.05, 0) is 32.8 Å². The van der Waals surface area contributed by atoms with Crippen molar-refractivity contribution in [2.24, 2.45) is 17.8 Å². The lowest BCUT2D eigenvalue weighted by Gasteiger charge is -2.33. The molecule has 0 aromatic heterocycles. The van der Waals surface area contributed by atoms with Crippen LogP contribution in [0, 0.1) is 17.8 Å². The number of carbonyl (C=O) groups excluding carboxylic acids is 3. The Labute approximate surface area is 119 Å². The Balaban J connectivity index is 3.12. The summed E-state index contributed by atoms with van der Waals surface area (Å²) in [5, 5.41) is 0. The second-order valence-corrected chi connectivity index (χ2v) is 4.82. The van der Waals surface area contributed by atoms with Crippen LogP contribution in [0.3, 0.4) is 0 Å². The number of hydrogen-bond acceptors (Lipinski definition) is 5.